The highest BCUT2D eigenvalue weighted by Crippen LogP contribution is 2.23. The summed E-state index contributed by atoms with van der Waals surface area (Å²) in [4.78, 5) is 12.3. The van der Waals surface area contributed by atoms with Gasteiger partial charge in [0.2, 0.25) is 20.0 Å². The number of amides is 1. The first kappa shape index (κ1) is 27.8. The van der Waals surface area contributed by atoms with E-state index in [-0.39, 0.29) is 20.6 Å². The Morgan fingerprint density at radius 2 is 1.44 bits per heavy atom. The fourth-order valence-corrected chi connectivity index (χ4v) is 4.51. The number of nitrogens with two attached hydrogens (primary N) is 2. The lowest BCUT2D eigenvalue weighted by Gasteiger charge is -2.40. The first-order valence-corrected chi connectivity index (χ1v) is 13.5. The van der Waals surface area contributed by atoms with Crippen LogP contribution in [0.15, 0.2) is 58.3 Å². The highest BCUT2D eigenvalue weighted by atomic mass is 32.2. The Hall–Kier alpha value is -2.74. The number of aliphatic hydroxyl groups is 3. The third kappa shape index (κ3) is 6.72. The van der Waals surface area contributed by atoms with Crippen molar-refractivity contribution in [1.82, 2.24) is 5.32 Å². The van der Waals surface area contributed by atoms with E-state index < -0.39 is 56.6 Å². The molecule has 0 unspecified atom stereocenters. The number of anilines is 2. The Balaban J connectivity index is 1.69. The quantitative estimate of drug-likeness (QED) is 0.174. The molecule has 3 rings (SSSR count). The number of aliphatic hydroxyl groups excluding tert-OH is 3. The van der Waals surface area contributed by atoms with Crippen molar-refractivity contribution >= 4 is 54.7 Å². The van der Waals surface area contributed by atoms with Crippen molar-refractivity contribution in [2.45, 2.75) is 40.4 Å². The number of thiocarbonyl (C=S) groups is 1. The van der Waals surface area contributed by atoms with E-state index in [1.54, 1.807) is 0 Å². The van der Waals surface area contributed by atoms with Gasteiger partial charge >= 0.3 is 0 Å². The Morgan fingerprint density at radius 3 is 2.03 bits per heavy atom. The maximum atomic E-state index is 12.7. The van der Waals surface area contributed by atoms with Crippen molar-refractivity contribution in [2.24, 2.45) is 10.3 Å². The van der Waals surface area contributed by atoms with Gasteiger partial charge in [0.1, 0.15) is 18.3 Å². The second-order valence-electron chi connectivity index (χ2n) is 7.68. The summed E-state index contributed by atoms with van der Waals surface area (Å²) in [7, 11) is -7.93. The van der Waals surface area contributed by atoms with Crippen molar-refractivity contribution in [1.29, 1.82) is 0 Å². The fraction of sp³-hybridized carbons (Fsp3) is 0.263. The highest BCUT2D eigenvalue weighted by Gasteiger charge is 2.47. The zero-order valence-electron chi connectivity index (χ0n) is 18.2. The monoisotopic (exact) mass is 561 g/mol. The molecular weight excluding hydrogens is 538 g/mol. The zero-order chi connectivity index (χ0) is 26.8. The molecule has 0 spiro atoms. The molecule has 2 aromatic carbocycles. The van der Waals surface area contributed by atoms with Crippen molar-refractivity contribution in [2.75, 3.05) is 10.6 Å². The Kier molecular flexibility index (Phi) is 8.28. The molecule has 14 nitrogen and oxygen atoms in total. The summed E-state index contributed by atoms with van der Waals surface area (Å²) in [6, 6.07) is 10.2. The number of rotatable bonds is 6. The molecule has 17 heteroatoms. The minimum Gasteiger partial charge on any atom is -0.387 e. The van der Waals surface area contributed by atoms with E-state index in [1.165, 1.54) is 42.5 Å². The molecule has 1 heterocycles. The standard InChI is InChI=1S/C19H23N5O9S3/c20-35(29,30)11-6-4-9(5-7-11)23-19(34)24-18-15(27)13(25)14(26)16(33-18)17(28)22-10-2-1-3-12(8-10)36(21,31)32/h1-8,13-16,18,25-27H,(H,22,28)(H2,20,29,30)(H2,21,31,32)(H2,23,24,34)/t13-,14-,15+,16-,18+/m0/s1. The molecule has 1 aliphatic rings. The van der Waals surface area contributed by atoms with Gasteiger partial charge in [-0.15, -0.1) is 0 Å². The summed E-state index contributed by atoms with van der Waals surface area (Å²) < 4.78 is 51.2. The Bertz CT molecular complexity index is 1350. The van der Waals surface area contributed by atoms with Gasteiger partial charge in [-0.25, -0.2) is 27.1 Å². The van der Waals surface area contributed by atoms with Gasteiger partial charge in [0, 0.05) is 11.4 Å². The largest absolute Gasteiger partial charge is 0.387 e. The van der Waals surface area contributed by atoms with E-state index in [1.807, 2.05) is 0 Å². The normalized spacial score (nSPS) is 24.5. The molecule has 0 saturated carbocycles. The van der Waals surface area contributed by atoms with Crippen LogP contribution in [0.2, 0.25) is 0 Å². The van der Waals surface area contributed by atoms with Crippen LogP contribution in [0.3, 0.4) is 0 Å². The summed E-state index contributed by atoms with van der Waals surface area (Å²) in [6.45, 7) is 0. The minimum atomic E-state index is -4.04. The van der Waals surface area contributed by atoms with Gasteiger partial charge in [0.25, 0.3) is 5.91 Å². The van der Waals surface area contributed by atoms with E-state index in [9.17, 15) is 36.9 Å². The van der Waals surface area contributed by atoms with Gasteiger partial charge in [-0.05, 0) is 54.7 Å². The third-order valence-electron chi connectivity index (χ3n) is 5.02. The van der Waals surface area contributed by atoms with Gasteiger partial charge in [0.05, 0.1) is 9.79 Å². The summed E-state index contributed by atoms with van der Waals surface area (Å²) in [5, 5.41) is 48.4. The maximum Gasteiger partial charge on any atom is 0.256 e. The van der Waals surface area contributed by atoms with Crippen molar-refractivity contribution in [3.63, 3.8) is 0 Å². The number of sulfonamides is 2. The number of nitrogens with one attached hydrogen (secondary N) is 3. The topological polar surface area (TPSA) is 243 Å². The van der Waals surface area contributed by atoms with Crippen LogP contribution in [0, 0.1) is 0 Å². The summed E-state index contributed by atoms with van der Waals surface area (Å²) in [5.41, 5.74) is 0.363. The lowest BCUT2D eigenvalue weighted by Crippen LogP contribution is -2.65. The molecule has 1 fully saturated rings. The number of benzene rings is 2. The van der Waals surface area contributed by atoms with Crippen molar-refractivity contribution in [3.8, 4) is 0 Å². The van der Waals surface area contributed by atoms with Crippen LogP contribution in [0.1, 0.15) is 0 Å². The number of carbonyl (C=O) groups excluding carboxylic acids is 1. The van der Waals surface area contributed by atoms with E-state index in [0.717, 1.165) is 6.07 Å². The highest BCUT2D eigenvalue weighted by molar-refractivity contribution is 7.89. The number of carbonyl (C=O) groups is 1. The molecule has 1 amide bonds. The average molecular weight is 562 g/mol. The lowest BCUT2D eigenvalue weighted by atomic mass is 9.97. The molecule has 10 N–H and O–H groups in total. The predicted molar refractivity (Wildman–Crippen MR) is 130 cm³/mol. The Labute approximate surface area is 211 Å². The molecule has 0 radical (unpaired) electrons. The molecule has 36 heavy (non-hydrogen) atoms. The van der Waals surface area contributed by atoms with Gasteiger partial charge in [0.15, 0.2) is 17.4 Å². The Morgan fingerprint density at radius 1 is 0.833 bits per heavy atom. The van der Waals surface area contributed by atoms with E-state index in [0.29, 0.717) is 5.69 Å². The molecule has 2 aromatic rings. The summed E-state index contributed by atoms with van der Waals surface area (Å²) in [5.74, 6) is -0.954. The van der Waals surface area contributed by atoms with Gasteiger partial charge in [-0.1, -0.05) is 6.07 Å². The second kappa shape index (κ2) is 10.7. The maximum absolute atomic E-state index is 12.7. The summed E-state index contributed by atoms with van der Waals surface area (Å²) in [6.07, 6.45) is -8.53. The van der Waals surface area contributed by atoms with Crippen LogP contribution in [-0.2, 0) is 29.6 Å². The second-order valence-corrected chi connectivity index (χ2v) is 11.2. The number of primary sulfonamides is 2. The molecule has 5 atom stereocenters. The molecule has 1 saturated heterocycles. The zero-order valence-corrected chi connectivity index (χ0v) is 20.6. The third-order valence-corrected chi connectivity index (χ3v) is 7.08. The van der Waals surface area contributed by atoms with Gasteiger partial charge in [-0.3, -0.25) is 4.79 Å². The smallest absolute Gasteiger partial charge is 0.256 e. The first-order valence-electron chi connectivity index (χ1n) is 10.0. The predicted octanol–water partition coefficient (Wildman–Crippen LogP) is -2.29. The fourth-order valence-electron chi connectivity index (χ4n) is 3.20. The van der Waals surface area contributed by atoms with Gasteiger partial charge in [-0.2, -0.15) is 0 Å². The molecule has 1 aliphatic heterocycles. The SMILES string of the molecule is NS(=O)(=O)c1ccc(NC(=S)N[C@@H]2O[C@H](C(=O)Nc3cccc(S(N)(=O)=O)c3)[C@@H](O)[C@H](O)[C@H]2O)cc1. The minimum absolute atomic E-state index is 0.0209. The molecule has 0 aliphatic carbocycles. The van der Waals surface area contributed by atoms with Crippen LogP contribution in [0.4, 0.5) is 11.4 Å². The van der Waals surface area contributed by atoms with Crippen LogP contribution in [0.25, 0.3) is 0 Å². The average Bonchev–Trinajstić information content (AvgIpc) is 2.78. The van der Waals surface area contributed by atoms with Crippen LogP contribution in [0.5, 0.6) is 0 Å². The molecule has 196 valence electrons. The van der Waals surface area contributed by atoms with Crippen LogP contribution < -0.4 is 26.2 Å². The first-order chi connectivity index (χ1) is 16.7. The molecule has 0 aromatic heterocycles. The number of hydrogen-bond donors (Lipinski definition) is 8. The van der Waals surface area contributed by atoms with E-state index in [4.69, 9.17) is 27.2 Å². The number of hydrogen-bond acceptors (Lipinski definition) is 10. The molecule has 0 bridgehead atoms. The van der Waals surface area contributed by atoms with Crippen molar-refractivity contribution in [3.05, 3.63) is 48.5 Å². The van der Waals surface area contributed by atoms with Crippen molar-refractivity contribution < 1.29 is 41.7 Å². The number of ether oxygens (including phenoxy) is 1. The molecular formula is C19H23N5O9S3. The van der Waals surface area contributed by atoms with Gasteiger partial charge < -0.3 is 36.0 Å². The van der Waals surface area contributed by atoms with E-state index >= 15 is 0 Å². The van der Waals surface area contributed by atoms with E-state index in [2.05, 4.69) is 16.0 Å². The van der Waals surface area contributed by atoms with Crippen LogP contribution >= 0.6 is 12.2 Å². The van der Waals surface area contributed by atoms with Crippen LogP contribution in [-0.4, -0.2) is 73.8 Å². The lowest BCUT2D eigenvalue weighted by molar-refractivity contribution is -0.221. The summed E-state index contributed by atoms with van der Waals surface area (Å²) >= 11 is 5.13.